The fraction of sp³-hybridized carbons (Fsp3) is 0.884. The summed E-state index contributed by atoms with van der Waals surface area (Å²) in [7, 11) is 0. The molecule has 0 bridgehead atoms. The van der Waals surface area contributed by atoms with Gasteiger partial charge in [0.15, 0.2) is 0 Å². The number of hydrogen-bond acceptors (Lipinski definition) is 8. The minimum absolute atomic E-state index is 0.0579. The predicted molar refractivity (Wildman–Crippen MR) is 199 cm³/mol. The highest BCUT2D eigenvalue weighted by atomic mass is 16.5. The van der Waals surface area contributed by atoms with Crippen LogP contribution in [0.4, 0.5) is 0 Å². The summed E-state index contributed by atoms with van der Waals surface area (Å²) >= 11 is 0. The first-order valence-corrected chi connectivity index (χ1v) is 20.3. The number of rotatable bonds is 7. The maximum atomic E-state index is 11.4. The Morgan fingerprint density at radius 3 is 1.61 bits per heavy atom. The highest BCUT2D eigenvalue weighted by Crippen LogP contribution is 2.61. The summed E-state index contributed by atoms with van der Waals surface area (Å²) in [4.78, 5) is 11.4. The van der Waals surface area contributed by atoms with Gasteiger partial charge in [0.2, 0.25) is 0 Å². The summed E-state index contributed by atoms with van der Waals surface area (Å²) in [6.45, 7) is 17.8. The summed E-state index contributed by atoms with van der Waals surface area (Å²) in [5.41, 5.74) is 4.97. The monoisotopic (exact) mass is 717 g/mol. The third kappa shape index (κ3) is 7.42. The van der Waals surface area contributed by atoms with E-state index in [4.69, 9.17) is 4.74 Å². The molecule has 0 aliphatic heterocycles. The van der Waals surface area contributed by atoms with Crippen LogP contribution in [0.15, 0.2) is 22.3 Å². The molecule has 2 saturated carbocycles. The second-order valence-corrected chi connectivity index (χ2v) is 19.5. The normalized spacial score (nSPS) is 43.3. The first-order valence-electron chi connectivity index (χ1n) is 20.3. The summed E-state index contributed by atoms with van der Waals surface area (Å²) in [6.07, 6.45) is 10.2. The molecule has 292 valence electrons. The van der Waals surface area contributed by atoms with Gasteiger partial charge in [-0.05, 0) is 111 Å². The standard InChI is InChI=1S/C23H38O4.C20H34O4/c1-14-8-9-23(5,16(10-14)13-27-15(2)25)20-7-6-19-17(18(20)12-24)11-21(26)22(19,3)4;1-19(2)16-4-5-17(15(11-22)14(16)9-18(19)24)20(3)7-6-13(23)8-12(20)10-21/h14,16,18,20-21,24,26H,6-13H2,1-5H3;12-13,15,17-18,21-24H,4-11H2,1-3H3/t14-,16+,18-,20-,21+,23-;12-,13+,15+,17+,18-,20+/m01/s1. The third-order valence-electron chi connectivity index (χ3n) is 16.2. The van der Waals surface area contributed by atoms with Crippen LogP contribution in [0, 0.1) is 63.1 Å². The molecule has 6 rings (SSSR count). The molecule has 6 aliphatic carbocycles. The lowest BCUT2D eigenvalue weighted by molar-refractivity contribution is -0.146. The zero-order valence-electron chi connectivity index (χ0n) is 33.1. The van der Waals surface area contributed by atoms with Crippen molar-refractivity contribution in [1.29, 1.82) is 0 Å². The Morgan fingerprint density at radius 1 is 0.686 bits per heavy atom. The van der Waals surface area contributed by atoms with Crippen LogP contribution >= 0.6 is 0 Å². The summed E-state index contributed by atoms with van der Waals surface area (Å²) in [5.74, 6) is 1.78. The Hall–Kier alpha value is -1.29. The molecular weight excluding hydrogens is 644 g/mol. The molecule has 51 heavy (non-hydrogen) atoms. The smallest absolute Gasteiger partial charge is 0.302 e. The van der Waals surface area contributed by atoms with Gasteiger partial charge in [-0.15, -0.1) is 0 Å². The average Bonchev–Trinajstić information content (AvgIpc) is 3.46. The van der Waals surface area contributed by atoms with Crippen LogP contribution in [-0.2, 0) is 9.53 Å². The zero-order chi connectivity index (χ0) is 37.7. The van der Waals surface area contributed by atoms with Crippen molar-refractivity contribution in [2.45, 2.75) is 151 Å². The summed E-state index contributed by atoms with van der Waals surface area (Å²) in [6, 6.07) is 0. The Labute approximate surface area is 308 Å². The van der Waals surface area contributed by atoms with Crippen molar-refractivity contribution in [3.8, 4) is 0 Å². The minimum Gasteiger partial charge on any atom is -0.466 e. The molecule has 0 radical (unpaired) electrons. The molecule has 8 heteroatoms. The molecule has 2 fully saturated rings. The lowest BCUT2D eigenvalue weighted by Crippen LogP contribution is -2.47. The molecule has 0 unspecified atom stereocenters. The van der Waals surface area contributed by atoms with Gasteiger partial charge < -0.3 is 35.4 Å². The molecule has 0 spiro atoms. The Bertz CT molecular complexity index is 1320. The average molecular weight is 717 g/mol. The van der Waals surface area contributed by atoms with Crippen LogP contribution in [0.1, 0.15) is 132 Å². The Balaban J connectivity index is 0.000000199. The van der Waals surface area contributed by atoms with Gasteiger partial charge in [0, 0.05) is 49.4 Å². The largest absolute Gasteiger partial charge is 0.466 e. The van der Waals surface area contributed by atoms with E-state index < -0.39 is 0 Å². The SMILES string of the molecule is CC(=O)OC[C@H]1C[C@@H](C)CC[C@]1(C)[C@H]1CCC2=C(C[C@@H](O)C2(C)C)[C@@H]1CO.CC1(C)C2=C(C[C@H]1O)[C@H](CO)[C@@H]([C@@]1(C)CC[C@H](O)C[C@@H]1CO)CC2. The van der Waals surface area contributed by atoms with Gasteiger partial charge in [-0.25, -0.2) is 0 Å². The van der Waals surface area contributed by atoms with E-state index in [0.29, 0.717) is 49.5 Å². The molecule has 0 amide bonds. The van der Waals surface area contributed by atoms with Gasteiger partial charge in [-0.2, -0.15) is 0 Å². The molecule has 0 aromatic carbocycles. The van der Waals surface area contributed by atoms with Crippen LogP contribution in [0.2, 0.25) is 0 Å². The van der Waals surface area contributed by atoms with E-state index in [-0.39, 0.29) is 83.5 Å². The van der Waals surface area contributed by atoms with Crippen molar-refractivity contribution >= 4 is 5.97 Å². The first-order chi connectivity index (χ1) is 23.9. The number of carbonyl (C=O) groups is 1. The second kappa shape index (κ2) is 15.5. The van der Waals surface area contributed by atoms with Crippen molar-refractivity contribution in [3.63, 3.8) is 0 Å². The molecule has 0 aromatic rings. The number of ether oxygens (including phenoxy) is 1. The Kier molecular flexibility index (Phi) is 12.4. The molecule has 0 saturated heterocycles. The summed E-state index contributed by atoms with van der Waals surface area (Å²) in [5, 5.41) is 61.6. The zero-order valence-corrected chi connectivity index (χ0v) is 33.1. The maximum absolute atomic E-state index is 11.4. The lowest BCUT2D eigenvalue weighted by Gasteiger charge is -2.52. The van der Waals surface area contributed by atoms with E-state index in [1.807, 2.05) is 0 Å². The fourth-order valence-electron chi connectivity index (χ4n) is 12.4. The lowest BCUT2D eigenvalue weighted by atomic mass is 9.53. The molecular formula is C43H72O8. The van der Waals surface area contributed by atoms with Crippen LogP contribution in [-0.4, -0.2) is 81.3 Å². The van der Waals surface area contributed by atoms with Gasteiger partial charge in [0.05, 0.1) is 24.9 Å². The van der Waals surface area contributed by atoms with Gasteiger partial charge in [0.25, 0.3) is 0 Å². The van der Waals surface area contributed by atoms with Crippen molar-refractivity contribution in [2.24, 2.45) is 63.1 Å². The number of carbonyl (C=O) groups excluding carboxylic acids is 1. The van der Waals surface area contributed by atoms with Gasteiger partial charge in [-0.1, -0.05) is 77.2 Å². The van der Waals surface area contributed by atoms with Crippen LogP contribution in [0.3, 0.4) is 0 Å². The minimum atomic E-state index is -0.357. The number of esters is 1. The number of aliphatic hydroxyl groups excluding tert-OH is 6. The number of hydrogen-bond donors (Lipinski definition) is 6. The Morgan fingerprint density at radius 2 is 1.16 bits per heavy atom. The quantitative estimate of drug-likeness (QED) is 0.132. The molecule has 12 atom stereocenters. The van der Waals surface area contributed by atoms with Gasteiger partial charge >= 0.3 is 5.97 Å². The van der Waals surface area contributed by atoms with Crippen LogP contribution in [0.5, 0.6) is 0 Å². The molecule has 0 aromatic heterocycles. The molecule has 6 aliphatic rings. The fourth-order valence-corrected chi connectivity index (χ4v) is 12.4. The van der Waals surface area contributed by atoms with E-state index in [0.717, 1.165) is 51.4 Å². The van der Waals surface area contributed by atoms with E-state index in [2.05, 4.69) is 48.5 Å². The molecule has 0 heterocycles. The van der Waals surface area contributed by atoms with E-state index >= 15 is 0 Å². The van der Waals surface area contributed by atoms with Crippen molar-refractivity contribution in [1.82, 2.24) is 0 Å². The molecule has 6 N–H and O–H groups in total. The van der Waals surface area contributed by atoms with E-state index in [1.165, 1.54) is 35.6 Å². The van der Waals surface area contributed by atoms with E-state index in [9.17, 15) is 35.4 Å². The maximum Gasteiger partial charge on any atom is 0.302 e. The summed E-state index contributed by atoms with van der Waals surface area (Å²) < 4.78 is 5.47. The topological polar surface area (TPSA) is 148 Å². The van der Waals surface area contributed by atoms with Gasteiger partial charge in [-0.3, -0.25) is 4.79 Å². The van der Waals surface area contributed by atoms with Gasteiger partial charge in [0.1, 0.15) is 0 Å². The highest BCUT2D eigenvalue weighted by Gasteiger charge is 2.54. The molecule has 8 nitrogen and oxygen atoms in total. The third-order valence-corrected chi connectivity index (χ3v) is 16.2. The van der Waals surface area contributed by atoms with Crippen molar-refractivity contribution in [2.75, 3.05) is 26.4 Å². The van der Waals surface area contributed by atoms with E-state index in [1.54, 1.807) is 0 Å². The van der Waals surface area contributed by atoms with Crippen molar-refractivity contribution < 1.29 is 40.2 Å². The first kappa shape index (κ1) is 40.9. The number of aliphatic hydroxyl groups is 6. The van der Waals surface area contributed by atoms with Crippen molar-refractivity contribution in [3.05, 3.63) is 22.3 Å². The van der Waals surface area contributed by atoms with Crippen LogP contribution < -0.4 is 0 Å². The highest BCUT2D eigenvalue weighted by molar-refractivity contribution is 5.65. The van der Waals surface area contributed by atoms with Crippen LogP contribution in [0.25, 0.3) is 0 Å². The second-order valence-electron chi connectivity index (χ2n) is 19.5. The predicted octanol–water partition coefficient (Wildman–Crippen LogP) is 6.35.